The number of thiazole rings is 1. The predicted molar refractivity (Wildman–Crippen MR) is 113 cm³/mol. The number of nitrogens with zero attached hydrogens (tertiary/aromatic N) is 3. The minimum Gasteiger partial charge on any atom is -0.381 e. The van der Waals surface area contributed by atoms with Gasteiger partial charge < -0.3 is 15.0 Å². The summed E-state index contributed by atoms with van der Waals surface area (Å²) in [6, 6.07) is 10.3. The van der Waals surface area contributed by atoms with Crippen LogP contribution in [0.15, 0.2) is 40.7 Å². The Morgan fingerprint density at radius 3 is 2.81 bits per heavy atom. The van der Waals surface area contributed by atoms with Crippen molar-refractivity contribution in [3.05, 3.63) is 41.4 Å². The van der Waals surface area contributed by atoms with Crippen molar-refractivity contribution < 1.29 is 4.74 Å². The molecule has 0 unspecified atom stereocenters. The first-order valence-corrected chi connectivity index (χ1v) is 10.7. The summed E-state index contributed by atoms with van der Waals surface area (Å²) in [6.07, 6.45) is 3.56. The summed E-state index contributed by atoms with van der Waals surface area (Å²) in [5, 5.41) is 6.57. The molecule has 3 rings (SSSR count). The molecule has 0 amide bonds. The van der Waals surface area contributed by atoms with Crippen molar-refractivity contribution in [1.82, 2.24) is 15.2 Å². The Bertz CT molecular complexity index is 710. The van der Waals surface area contributed by atoms with Crippen molar-refractivity contribution in [2.75, 3.05) is 33.4 Å². The maximum Gasteiger partial charge on any atom is 0.194 e. The molecule has 0 saturated carbocycles. The van der Waals surface area contributed by atoms with E-state index in [0.29, 0.717) is 6.54 Å². The first-order chi connectivity index (χ1) is 13.3. The summed E-state index contributed by atoms with van der Waals surface area (Å²) in [4.78, 5) is 11.8. The molecule has 1 aliphatic rings. The average molecular weight is 387 g/mol. The number of aliphatic imine (C=N–C) groups is 1. The molecule has 1 aromatic heterocycles. The monoisotopic (exact) mass is 386 g/mol. The third-order valence-electron chi connectivity index (χ3n) is 4.87. The van der Waals surface area contributed by atoms with Gasteiger partial charge in [0, 0.05) is 44.3 Å². The summed E-state index contributed by atoms with van der Waals surface area (Å²) in [5.41, 5.74) is 2.19. The molecule has 0 spiro atoms. The van der Waals surface area contributed by atoms with Gasteiger partial charge in [-0.3, -0.25) is 0 Å². The zero-order valence-corrected chi connectivity index (χ0v) is 17.2. The van der Waals surface area contributed by atoms with Gasteiger partial charge in [0.2, 0.25) is 0 Å². The van der Waals surface area contributed by atoms with E-state index in [2.05, 4.69) is 41.7 Å². The quantitative estimate of drug-likeness (QED) is 0.577. The highest BCUT2D eigenvalue weighted by atomic mass is 32.1. The first kappa shape index (κ1) is 19.8. The van der Waals surface area contributed by atoms with Crippen LogP contribution in [0.1, 0.15) is 31.9 Å². The lowest BCUT2D eigenvalue weighted by Crippen LogP contribution is -2.40. The molecule has 1 N–H and O–H groups in total. The molecule has 1 fully saturated rings. The second-order valence-corrected chi connectivity index (χ2v) is 7.80. The summed E-state index contributed by atoms with van der Waals surface area (Å²) in [6.45, 7) is 6.42. The highest BCUT2D eigenvalue weighted by Crippen LogP contribution is 2.23. The fourth-order valence-electron chi connectivity index (χ4n) is 3.24. The van der Waals surface area contributed by atoms with Gasteiger partial charge in [-0.05, 0) is 32.1 Å². The Labute approximate surface area is 166 Å². The smallest absolute Gasteiger partial charge is 0.194 e. The van der Waals surface area contributed by atoms with Crippen LogP contribution >= 0.6 is 11.3 Å². The SMILES string of the molecule is CCNC(=NCc1csc(-c2ccccc2)n1)N(C)CCC1CCOCC1. The first-order valence-electron chi connectivity index (χ1n) is 9.83. The van der Waals surface area contributed by atoms with Crippen molar-refractivity contribution in [1.29, 1.82) is 0 Å². The molecule has 27 heavy (non-hydrogen) atoms. The number of hydrogen-bond acceptors (Lipinski definition) is 4. The van der Waals surface area contributed by atoms with E-state index in [1.165, 1.54) is 24.8 Å². The Morgan fingerprint density at radius 1 is 1.30 bits per heavy atom. The van der Waals surface area contributed by atoms with Crippen molar-refractivity contribution in [2.45, 2.75) is 32.7 Å². The summed E-state index contributed by atoms with van der Waals surface area (Å²) in [7, 11) is 2.12. The molecular weight excluding hydrogens is 356 g/mol. The molecule has 146 valence electrons. The number of benzene rings is 1. The van der Waals surface area contributed by atoms with E-state index in [-0.39, 0.29) is 0 Å². The highest BCUT2D eigenvalue weighted by Gasteiger charge is 2.15. The van der Waals surface area contributed by atoms with Crippen molar-refractivity contribution in [3.8, 4) is 10.6 Å². The summed E-state index contributed by atoms with van der Waals surface area (Å²) < 4.78 is 5.46. The Hall–Kier alpha value is -1.92. The number of rotatable bonds is 7. The average Bonchev–Trinajstić information content (AvgIpc) is 3.20. The van der Waals surface area contributed by atoms with E-state index in [4.69, 9.17) is 14.7 Å². The molecule has 2 aromatic rings. The van der Waals surface area contributed by atoms with E-state index >= 15 is 0 Å². The number of aromatic nitrogens is 1. The molecule has 0 radical (unpaired) electrons. The fraction of sp³-hybridized carbons (Fsp3) is 0.524. The number of hydrogen-bond donors (Lipinski definition) is 1. The normalized spacial score (nSPS) is 15.7. The maximum absolute atomic E-state index is 5.46. The van der Waals surface area contributed by atoms with Gasteiger partial charge in [0.25, 0.3) is 0 Å². The van der Waals surface area contributed by atoms with Gasteiger partial charge in [0.15, 0.2) is 5.96 Å². The van der Waals surface area contributed by atoms with Gasteiger partial charge in [-0.15, -0.1) is 11.3 Å². The fourth-order valence-corrected chi connectivity index (χ4v) is 4.05. The van der Waals surface area contributed by atoms with Crippen LogP contribution in [0.3, 0.4) is 0 Å². The highest BCUT2D eigenvalue weighted by molar-refractivity contribution is 7.13. The lowest BCUT2D eigenvalue weighted by atomic mass is 9.96. The lowest BCUT2D eigenvalue weighted by molar-refractivity contribution is 0.0625. The number of guanidine groups is 1. The zero-order chi connectivity index (χ0) is 18.9. The molecule has 0 bridgehead atoms. The Morgan fingerprint density at radius 2 is 2.07 bits per heavy atom. The summed E-state index contributed by atoms with van der Waals surface area (Å²) in [5.74, 6) is 1.73. The van der Waals surface area contributed by atoms with Gasteiger partial charge in [-0.2, -0.15) is 0 Å². The third kappa shape index (κ3) is 6.04. The van der Waals surface area contributed by atoms with E-state index in [9.17, 15) is 0 Å². The molecular formula is C21H30N4OS. The van der Waals surface area contributed by atoms with Crippen LogP contribution in [0.2, 0.25) is 0 Å². The number of nitrogens with one attached hydrogen (secondary N) is 1. The van der Waals surface area contributed by atoms with Crippen molar-refractivity contribution in [2.24, 2.45) is 10.9 Å². The minimum atomic E-state index is 0.604. The molecule has 1 aromatic carbocycles. The zero-order valence-electron chi connectivity index (χ0n) is 16.4. The third-order valence-corrected chi connectivity index (χ3v) is 5.81. The van der Waals surface area contributed by atoms with E-state index in [0.717, 1.165) is 48.9 Å². The van der Waals surface area contributed by atoms with Crippen LogP contribution in [0.25, 0.3) is 10.6 Å². The molecule has 0 atom stereocenters. The second-order valence-electron chi connectivity index (χ2n) is 6.95. The van der Waals surface area contributed by atoms with Gasteiger partial charge in [-0.1, -0.05) is 30.3 Å². The minimum absolute atomic E-state index is 0.604. The lowest BCUT2D eigenvalue weighted by Gasteiger charge is -2.26. The van der Waals surface area contributed by atoms with E-state index < -0.39 is 0 Å². The second kappa shape index (κ2) is 10.4. The van der Waals surface area contributed by atoms with Crippen LogP contribution < -0.4 is 5.32 Å². The predicted octanol–water partition coefficient (Wildman–Crippen LogP) is 4.02. The van der Waals surface area contributed by atoms with Crippen molar-refractivity contribution in [3.63, 3.8) is 0 Å². The van der Waals surface area contributed by atoms with Gasteiger partial charge in [-0.25, -0.2) is 9.98 Å². The van der Waals surface area contributed by atoms with Crippen molar-refractivity contribution >= 4 is 17.3 Å². The maximum atomic E-state index is 5.46. The van der Waals surface area contributed by atoms with Gasteiger partial charge in [0.1, 0.15) is 5.01 Å². The Balaban J connectivity index is 1.57. The molecule has 5 nitrogen and oxygen atoms in total. The van der Waals surface area contributed by atoms with Crippen LogP contribution in [0.5, 0.6) is 0 Å². The largest absolute Gasteiger partial charge is 0.381 e. The van der Waals surface area contributed by atoms with E-state index in [1.54, 1.807) is 11.3 Å². The molecule has 0 aliphatic carbocycles. The van der Waals surface area contributed by atoms with E-state index in [1.807, 2.05) is 18.2 Å². The van der Waals surface area contributed by atoms with Crippen LogP contribution in [0.4, 0.5) is 0 Å². The van der Waals surface area contributed by atoms with Gasteiger partial charge >= 0.3 is 0 Å². The van der Waals surface area contributed by atoms with Gasteiger partial charge in [0.05, 0.1) is 12.2 Å². The molecule has 6 heteroatoms. The topological polar surface area (TPSA) is 49.8 Å². The number of ether oxygens (including phenoxy) is 1. The molecule has 1 saturated heterocycles. The molecule has 1 aliphatic heterocycles. The van der Waals surface area contributed by atoms with Crippen LogP contribution in [-0.4, -0.2) is 49.2 Å². The Kier molecular flexibility index (Phi) is 7.66. The molecule has 2 heterocycles. The standard InChI is InChI=1S/C21H30N4OS/c1-3-22-21(25(2)12-9-17-10-13-26-14-11-17)23-15-19-16-27-20(24-19)18-7-5-4-6-8-18/h4-8,16-17H,3,9-15H2,1-2H3,(H,22,23). The summed E-state index contributed by atoms with van der Waals surface area (Å²) >= 11 is 1.68. The van der Waals surface area contributed by atoms with Crippen LogP contribution in [0, 0.1) is 5.92 Å². The van der Waals surface area contributed by atoms with Crippen LogP contribution in [-0.2, 0) is 11.3 Å².